The topological polar surface area (TPSA) is 0 Å². The van der Waals surface area contributed by atoms with E-state index in [0.717, 1.165) is 50.7 Å². The van der Waals surface area contributed by atoms with Gasteiger partial charge in [0.15, 0.2) is 17.5 Å². The van der Waals surface area contributed by atoms with Crippen LogP contribution in [0, 0.1) is 23.4 Å². The van der Waals surface area contributed by atoms with Crippen molar-refractivity contribution < 1.29 is 13.2 Å². The summed E-state index contributed by atoms with van der Waals surface area (Å²) in [7, 11) is 0. The van der Waals surface area contributed by atoms with Crippen molar-refractivity contribution in [3.05, 3.63) is 47.3 Å². The second-order valence-corrected chi connectivity index (χ2v) is 5.63. The van der Waals surface area contributed by atoms with Crippen LogP contribution in [-0.4, -0.2) is 0 Å². The number of benzene rings is 1. The molecular formula is C17H21F3. The lowest BCUT2D eigenvalue weighted by Crippen LogP contribution is -2.13. The van der Waals surface area contributed by atoms with Gasteiger partial charge in [0.05, 0.1) is 0 Å². The van der Waals surface area contributed by atoms with Crippen LogP contribution in [0.1, 0.15) is 56.9 Å². The summed E-state index contributed by atoms with van der Waals surface area (Å²) in [5.41, 5.74) is 0.601. The first-order valence-electron chi connectivity index (χ1n) is 7.41. The summed E-state index contributed by atoms with van der Waals surface area (Å²) in [6, 6.07) is 2.31. The van der Waals surface area contributed by atoms with Crippen LogP contribution in [0.3, 0.4) is 0 Å². The van der Waals surface area contributed by atoms with Gasteiger partial charge in [0.1, 0.15) is 0 Å². The minimum absolute atomic E-state index is 0.158. The third kappa shape index (κ3) is 3.65. The van der Waals surface area contributed by atoms with Crippen molar-refractivity contribution in [2.24, 2.45) is 5.92 Å². The van der Waals surface area contributed by atoms with Gasteiger partial charge >= 0.3 is 0 Å². The van der Waals surface area contributed by atoms with Gasteiger partial charge in [0.2, 0.25) is 0 Å². The molecule has 1 saturated carbocycles. The molecule has 2 rings (SSSR count). The molecule has 0 bridgehead atoms. The first-order valence-corrected chi connectivity index (χ1v) is 7.41. The van der Waals surface area contributed by atoms with Crippen LogP contribution in [0.2, 0.25) is 0 Å². The van der Waals surface area contributed by atoms with Gasteiger partial charge in [0, 0.05) is 0 Å². The van der Waals surface area contributed by atoms with E-state index in [2.05, 4.69) is 19.1 Å². The smallest absolute Gasteiger partial charge is 0.194 e. The van der Waals surface area contributed by atoms with Crippen molar-refractivity contribution in [2.45, 2.75) is 51.4 Å². The lowest BCUT2D eigenvalue weighted by atomic mass is 9.77. The van der Waals surface area contributed by atoms with E-state index in [1.807, 2.05) is 0 Å². The van der Waals surface area contributed by atoms with E-state index in [1.165, 1.54) is 0 Å². The molecule has 0 aliphatic heterocycles. The largest absolute Gasteiger partial charge is 0.204 e. The quantitative estimate of drug-likeness (QED) is 0.488. The van der Waals surface area contributed by atoms with Crippen LogP contribution in [0.15, 0.2) is 24.3 Å². The molecule has 0 amide bonds. The molecule has 0 unspecified atom stereocenters. The van der Waals surface area contributed by atoms with E-state index in [4.69, 9.17) is 0 Å². The fourth-order valence-electron chi connectivity index (χ4n) is 3.00. The average molecular weight is 282 g/mol. The molecule has 110 valence electrons. The predicted molar refractivity (Wildman–Crippen MR) is 75.1 cm³/mol. The van der Waals surface area contributed by atoms with Gasteiger partial charge in [-0.1, -0.05) is 19.1 Å². The molecule has 0 heterocycles. The molecule has 0 saturated heterocycles. The molecule has 1 aromatic carbocycles. The Morgan fingerprint density at radius 1 is 1.00 bits per heavy atom. The Hall–Kier alpha value is -1.25. The highest BCUT2D eigenvalue weighted by Crippen LogP contribution is 2.37. The van der Waals surface area contributed by atoms with Crippen molar-refractivity contribution in [1.82, 2.24) is 0 Å². The van der Waals surface area contributed by atoms with E-state index >= 15 is 0 Å². The molecular weight excluding hydrogens is 261 g/mol. The van der Waals surface area contributed by atoms with Gasteiger partial charge in [0.25, 0.3) is 0 Å². The normalized spacial score (nSPS) is 23.4. The van der Waals surface area contributed by atoms with Crippen molar-refractivity contribution in [3.63, 3.8) is 0 Å². The van der Waals surface area contributed by atoms with Crippen LogP contribution < -0.4 is 0 Å². The Kier molecular flexibility index (Phi) is 5.27. The Bertz CT molecular complexity index is 448. The summed E-state index contributed by atoms with van der Waals surface area (Å²) in [6.07, 6.45) is 10.5. The third-order valence-corrected chi connectivity index (χ3v) is 4.20. The van der Waals surface area contributed by atoms with E-state index in [9.17, 15) is 13.2 Å². The fourth-order valence-corrected chi connectivity index (χ4v) is 3.00. The summed E-state index contributed by atoms with van der Waals surface area (Å²) < 4.78 is 39.5. The van der Waals surface area contributed by atoms with Crippen molar-refractivity contribution in [3.8, 4) is 0 Å². The van der Waals surface area contributed by atoms with Crippen LogP contribution in [0.4, 0.5) is 13.2 Å². The maximum Gasteiger partial charge on any atom is 0.194 e. The monoisotopic (exact) mass is 282 g/mol. The molecule has 1 aliphatic rings. The molecule has 1 aromatic rings. The SMILES string of the molecule is CC/C=C/C[C@H]1CC[C@H](c2cc(F)c(F)c(F)c2)CC1. The number of hydrogen-bond acceptors (Lipinski definition) is 0. The van der Waals surface area contributed by atoms with Crippen LogP contribution in [-0.2, 0) is 0 Å². The highest BCUT2D eigenvalue weighted by Gasteiger charge is 2.23. The predicted octanol–water partition coefficient (Wildman–Crippen LogP) is 5.73. The molecule has 0 atom stereocenters. The van der Waals surface area contributed by atoms with Gasteiger partial charge in [-0.3, -0.25) is 0 Å². The first-order chi connectivity index (χ1) is 9.61. The van der Waals surface area contributed by atoms with Crippen LogP contribution >= 0.6 is 0 Å². The Morgan fingerprint density at radius 2 is 1.60 bits per heavy atom. The van der Waals surface area contributed by atoms with Crippen LogP contribution in [0.25, 0.3) is 0 Å². The number of rotatable bonds is 4. The van der Waals surface area contributed by atoms with E-state index in [1.54, 1.807) is 0 Å². The van der Waals surface area contributed by atoms with Crippen molar-refractivity contribution >= 4 is 0 Å². The molecule has 1 fully saturated rings. The fraction of sp³-hybridized carbons (Fsp3) is 0.529. The molecule has 20 heavy (non-hydrogen) atoms. The van der Waals surface area contributed by atoms with Gasteiger partial charge < -0.3 is 0 Å². The van der Waals surface area contributed by atoms with Gasteiger partial charge in [-0.25, -0.2) is 13.2 Å². The van der Waals surface area contributed by atoms with Crippen molar-refractivity contribution in [2.75, 3.05) is 0 Å². The highest BCUT2D eigenvalue weighted by molar-refractivity contribution is 5.23. The van der Waals surface area contributed by atoms with Crippen LogP contribution in [0.5, 0.6) is 0 Å². The molecule has 0 nitrogen and oxygen atoms in total. The summed E-state index contributed by atoms with van der Waals surface area (Å²) in [6.45, 7) is 2.12. The van der Waals surface area contributed by atoms with E-state index in [0.29, 0.717) is 11.5 Å². The number of halogens is 3. The molecule has 1 aliphatic carbocycles. The molecule has 0 radical (unpaired) electrons. The van der Waals surface area contributed by atoms with Crippen molar-refractivity contribution in [1.29, 1.82) is 0 Å². The molecule has 3 heteroatoms. The number of hydrogen-bond donors (Lipinski definition) is 0. The first kappa shape index (κ1) is 15.1. The Balaban J connectivity index is 1.95. The van der Waals surface area contributed by atoms with Gasteiger partial charge in [-0.2, -0.15) is 0 Å². The number of allylic oxidation sites excluding steroid dienone is 2. The lowest BCUT2D eigenvalue weighted by molar-refractivity contribution is 0.326. The molecule has 0 aromatic heterocycles. The third-order valence-electron chi connectivity index (χ3n) is 4.20. The van der Waals surface area contributed by atoms with Gasteiger partial charge in [-0.05, 0) is 68.1 Å². The standard InChI is InChI=1S/C17H21F3/c1-2-3-4-5-12-6-8-13(9-7-12)14-10-15(18)17(20)16(19)11-14/h3-4,10-13H,2,5-9H2,1H3/b4-3+/t12-,13-. The summed E-state index contributed by atoms with van der Waals surface area (Å²) in [4.78, 5) is 0. The lowest BCUT2D eigenvalue weighted by Gasteiger charge is -2.28. The summed E-state index contributed by atoms with van der Waals surface area (Å²) >= 11 is 0. The zero-order valence-corrected chi connectivity index (χ0v) is 11.8. The summed E-state index contributed by atoms with van der Waals surface area (Å²) in [5.74, 6) is -2.69. The minimum Gasteiger partial charge on any atom is -0.204 e. The minimum atomic E-state index is -1.37. The zero-order valence-electron chi connectivity index (χ0n) is 11.8. The second-order valence-electron chi connectivity index (χ2n) is 5.63. The van der Waals surface area contributed by atoms with Gasteiger partial charge in [-0.15, -0.1) is 0 Å². The Labute approximate surface area is 118 Å². The summed E-state index contributed by atoms with van der Waals surface area (Å²) in [5, 5.41) is 0. The Morgan fingerprint density at radius 3 is 2.15 bits per heavy atom. The second kappa shape index (κ2) is 6.96. The zero-order chi connectivity index (χ0) is 14.5. The maximum atomic E-state index is 13.3. The van der Waals surface area contributed by atoms with E-state index < -0.39 is 17.5 Å². The molecule has 0 N–H and O–H groups in total. The average Bonchev–Trinajstić information content (AvgIpc) is 2.45. The maximum absolute atomic E-state index is 13.3. The van der Waals surface area contributed by atoms with E-state index in [-0.39, 0.29) is 5.92 Å². The highest BCUT2D eigenvalue weighted by atomic mass is 19.2. The molecule has 0 spiro atoms.